The summed E-state index contributed by atoms with van der Waals surface area (Å²) >= 11 is 0. The van der Waals surface area contributed by atoms with Crippen molar-refractivity contribution < 1.29 is 17.9 Å². The van der Waals surface area contributed by atoms with E-state index in [1.807, 2.05) is 18.2 Å². The first kappa shape index (κ1) is 19.9. The lowest BCUT2D eigenvalue weighted by Crippen LogP contribution is -2.50. The van der Waals surface area contributed by atoms with Gasteiger partial charge in [0.15, 0.2) is 9.84 Å². The smallest absolute Gasteiger partial charge is 0.235 e. The molecule has 29 heavy (non-hydrogen) atoms. The first-order valence-electron chi connectivity index (χ1n) is 9.87. The normalized spacial score (nSPS) is 19.6. The summed E-state index contributed by atoms with van der Waals surface area (Å²) in [6.07, 6.45) is 2.78. The Bertz CT molecular complexity index is 1010. The molecule has 2 heterocycles. The fourth-order valence-corrected chi connectivity index (χ4v) is 4.95. The molecule has 1 N–H and O–H groups in total. The van der Waals surface area contributed by atoms with E-state index in [-0.39, 0.29) is 16.8 Å². The molecule has 154 valence electrons. The summed E-state index contributed by atoms with van der Waals surface area (Å²) in [7, 11) is -3.20. The maximum Gasteiger partial charge on any atom is 0.235 e. The average molecular weight is 415 g/mol. The van der Waals surface area contributed by atoms with Crippen molar-refractivity contribution in [2.75, 3.05) is 31.3 Å². The van der Waals surface area contributed by atoms with Gasteiger partial charge in [0, 0.05) is 18.0 Å². The molecule has 2 aliphatic heterocycles. The van der Waals surface area contributed by atoms with Crippen LogP contribution in [0.25, 0.3) is 0 Å². The van der Waals surface area contributed by atoms with Gasteiger partial charge in [-0.05, 0) is 68.8 Å². The summed E-state index contributed by atoms with van der Waals surface area (Å²) < 4.78 is 29.0. The lowest BCUT2D eigenvalue weighted by molar-refractivity contribution is -0.122. The molecule has 0 aliphatic carbocycles. The van der Waals surface area contributed by atoms with Gasteiger partial charge in [0.25, 0.3) is 0 Å². The molecule has 0 aromatic heterocycles. The molecule has 0 radical (unpaired) electrons. The highest BCUT2D eigenvalue weighted by Gasteiger charge is 2.48. The van der Waals surface area contributed by atoms with E-state index in [2.05, 4.69) is 23.2 Å². The number of hydrogen-bond donors (Lipinski definition) is 1. The van der Waals surface area contributed by atoms with E-state index in [4.69, 9.17) is 4.74 Å². The summed E-state index contributed by atoms with van der Waals surface area (Å²) in [6.45, 7) is 4.29. The lowest BCUT2D eigenvalue weighted by Gasteiger charge is -2.40. The van der Waals surface area contributed by atoms with Gasteiger partial charge in [-0.3, -0.25) is 9.69 Å². The van der Waals surface area contributed by atoms with Crippen molar-refractivity contribution >= 4 is 21.4 Å². The highest BCUT2D eigenvalue weighted by Crippen LogP contribution is 2.44. The summed E-state index contributed by atoms with van der Waals surface area (Å²) in [5, 5.41) is 3.04. The maximum absolute atomic E-state index is 12.7. The lowest BCUT2D eigenvalue weighted by atomic mass is 9.73. The van der Waals surface area contributed by atoms with Crippen molar-refractivity contribution in [1.82, 2.24) is 4.90 Å². The van der Waals surface area contributed by atoms with Crippen LogP contribution in [0.2, 0.25) is 0 Å². The zero-order valence-corrected chi connectivity index (χ0v) is 17.5. The monoisotopic (exact) mass is 414 g/mol. The molecule has 1 amide bonds. The van der Waals surface area contributed by atoms with Gasteiger partial charge >= 0.3 is 0 Å². The number of sulfone groups is 1. The first-order valence-corrected chi connectivity index (χ1v) is 11.8. The van der Waals surface area contributed by atoms with Crippen LogP contribution in [0.4, 0.5) is 5.69 Å². The predicted octanol–water partition coefficient (Wildman–Crippen LogP) is 2.84. The molecule has 7 heteroatoms. The Balaban J connectivity index is 1.35. The molecule has 0 saturated carbocycles. The Kier molecular flexibility index (Phi) is 5.12. The highest BCUT2D eigenvalue weighted by molar-refractivity contribution is 7.90. The van der Waals surface area contributed by atoms with E-state index in [1.165, 1.54) is 6.26 Å². The van der Waals surface area contributed by atoms with Crippen LogP contribution in [0, 0.1) is 0 Å². The SMILES string of the molecule is C[C@@H](COc1ccc(S(C)(=O)=O)cc1)N1CCC2(CC1)C(=O)Nc1ccccc12. The molecule has 1 saturated heterocycles. The zero-order chi connectivity index (χ0) is 20.6. The Morgan fingerprint density at radius 3 is 2.41 bits per heavy atom. The summed E-state index contributed by atoms with van der Waals surface area (Å²) in [6, 6.07) is 14.7. The summed E-state index contributed by atoms with van der Waals surface area (Å²) in [4.78, 5) is 15.3. The number of likely N-dealkylation sites (tertiary alicyclic amines) is 1. The number of ether oxygens (including phenoxy) is 1. The van der Waals surface area contributed by atoms with Crippen molar-refractivity contribution in [2.45, 2.75) is 36.1 Å². The number of benzene rings is 2. The Hall–Kier alpha value is -2.38. The third kappa shape index (κ3) is 3.76. The van der Waals surface area contributed by atoms with Crippen LogP contribution in [-0.2, 0) is 20.0 Å². The van der Waals surface area contributed by atoms with E-state index in [0.29, 0.717) is 12.4 Å². The minimum atomic E-state index is -3.20. The van der Waals surface area contributed by atoms with Crippen molar-refractivity contribution in [3.63, 3.8) is 0 Å². The number of amides is 1. The number of para-hydroxylation sites is 1. The molecule has 1 atom stereocenters. The summed E-state index contributed by atoms with van der Waals surface area (Å²) in [5.41, 5.74) is 1.66. The number of carbonyl (C=O) groups excluding carboxylic acids is 1. The van der Waals surface area contributed by atoms with Gasteiger partial charge < -0.3 is 10.1 Å². The second kappa shape index (κ2) is 7.46. The van der Waals surface area contributed by atoms with Crippen LogP contribution in [0.1, 0.15) is 25.3 Å². The van der Waals surface area contributed by atoms with Crippen LogP contribution in [0.3, 0.4) is 0 Å². The van der Waals surface area contributed by atoms with Crippen LogP contribution < -0.4 is 10.1 Å². The average Bonchev–Trinajstić information content (AvgIpc) is 2.98. The van der Waals surface area contributed by atoms with Gasteiger partial charge in [-0.15, -0.1) is 0 Å². The van der Waals surface area contributed by atoms with Gasteiger partial charge in [0.05, 0.1) is 10.3 Å². The number of nitrogens with one attached hydrogen (secondary N) is 1. The van der Waals surface area contributed by atoms with E-state index in [1.54, 1.807) is 24.3 Å². The largest absolute Gasteiger partial charge is 0.492 e. The molecule has 1 fully saturated rings. The van der Waals surface area contributed by atoms with Crippen LogP contribution >= 0.6 is 0 Å². The van der Waals surface area contributed by atoms with E-state index in [9.17, 15) is 13.2 Å². The first-order chi connectivity index (χ1) is 13.8. The molecular formula is C22H26N2O4S. The van der Waals surface area contributed by atoms with Gasteiger partial charge in [-0.1, -0.05) is 18.2 Å². The quantitative estimate of drug-likeness (QED) is 0.814. The van der Waals surface area contributed by atoms with Gasteiger partial charge in [0.2, 0.25) is 5.91 Å². The van der Waals surface area contributed by atoms with Gasteiger partial charge in [-0.25, -0.2) is 8.42 Å². The second-order valence-electron chi connectivity index (χ2n) is 8.02. The molecule has 0 unspecified atom stereocenters. The van der Waals surface area contributed by atoms with E-state index < -0.39 is 15.3 Å². The Morgan fingerprint density at radius 2 is 1.76 bits per heavy atom. The van der Waals surface area contributed by atoms with Gasteiger partial charge in [0.1, 0.15) is 12.4 Å². The number of piperidine rings is 1. The summed E-state index contributed by atoms with van der Waals surface area (Å²) in [5.74, 6) is 0.773. The number of anilines is 1. The number of carbonyl (C=O) groups is 1. The zero-order valence-electron chi connectivity index (χ0n) is 16.7. The van der Waals surface area contributed by atoms with Crippen molar-refractivity contribution in [3.8, 4) is 5.75 Å². The standard InChI is InChI=1S/C22H26N2O4S/c1-16(15-28-17-7-9-18(10-8-17)29(2,26)27)24-13-11-22(12-14-24)19-5-3-4-6-20(19)23-21(22)25/h3-10,16H,11-15H2,1-2H3,(H,23,25)/t16-/m0/s1. The minimum absolute atomic E-state index is 0.119. The molecule has 1 spiro atoms. The topological polar surface area (TPSA) is 75.7 Å². The number of hydrogen-bond acceptors (Lipinski definition) is 5. The third-order valence-corrected chi connectivity index (χ3v) is 7.27. The van der Waals surface area contributed by atoms with Crippen LogP contribution in [0.15, 0.2) is 53.4 Å². The van der Waals surface area contributed by atoms with E-state index in [0.717, 1.165) is 37.2 Å². The molecule has 6 nitrogen and oxygen atoms in total. The van der Waals surface area contributed by atoms with E-state index >= 15 is 0 Å². The minimum Gasteiger partial charge on any atom is -0.492 e. The number of rotatable bonds is 5. The molecule has 0 bridgehead atoms. The van der Waals surface area contributed by atoms with Crippen molar-refractivity contribution in [3.05, 3.63) is 54.1 Å². The van der Waals surface area contributed by atoms with Crippen LogP contribution in [-0.4, -0.2) is 51.2 Å². The Labute approximate surface area is 171 Å². The fraction of sp³-hybridized carbons (Fsp3) is 0.409. The highest BCUT2D eigenvalue weighted by atomic mass is 32.2. The van der Waals surface area contributed by atoms with Crippen molar-refractivity contribution in [2.24, 2.45) is 0 Å². The number of nitrogens with zero attached hydrogens (tertiary/aromatic N) is 1. The molecular weight excluding hydrogens is 388 g/mol. The van der Waals surface area contributed by atoms with Gasteiger partial charge in [-0.2, -0.15) is 0 Å². The maximum atomic E-state index is 12.7. The molecule has 2 aliphatic rings. The predicted molar refractivity (Wildman–Crippen MR) is 112 cm³/mol. The molecule has 2 aromatic carbocycles. The fourth-order valence-electron chi connectivity index (χ4n) is 4.32. The number of fused-ring (bicyclic) bond motifs is 2. The van der Waals surface area contributed by atoms with Crippen molar-refractivity contribution in [1.29, 1.82) is 0 Å². The molecule has 4 rings (SSSR count). The van der Waals surface area contributed by atoms with Crippen LogP contribution in [0.5, 0.6) is 5.75 Å². The second-order valence-corrected chi connectivity index (χ2v) is 10.0. The Morgan fingerprint density at radius 1 is 1.10 bits per heavy atom. The third-order valence-electron chi connectivity index (χ3n) is 6.14. The molecule has 2 aromatic rings.